The Morgan fingerprint density at radius 2 is 1.82 bits per heavy atom. The Labute approximate surface area is 194 Å². The topological polar surface area (TPSA) is 132 Å². The summed E-state index contributed by atoms with van der Waals surface area (Å²) in [6.07, 6.45) is 3.09. The Kier molecular flexibility index (Phi) is 9.80. The summed E-state index contributed by atoms with van der Waals surface area (Å²) in [4.78, 5) is 28.0. The van der Waals surface area contributed by atoms with Crippen LogP contribution in [0, 0.1) is 5.92 Å². The molecule has 2 aromatic rings. The zero-order valence-electron chi connectivity index (χ0n) is 19.0. The van der Waals surface area contributed by atoms with Crippen molar-refractivity contribution in [2.24, 2.45) is 5.92 Å². The molecule has 1 aromatic heterocycles. The van der Waals surface area contributed by atoms with E-state index in [-0.39, 0.29) is 24.1 Å². The van der Waals surface area contributed by atoms with E-state index in [0.29, 0.717) is 23.6 Å². The van der Waals surface area contributed by atoms with Crippen LogP contribution in [0.15, 0.2) is 42.6 Å². The molecule has 0 radical (unpaired) electrons. The van der Waals surface area contributed by atoms with E-state index >= 15 is 0 Å². The lowest BCUT2D eigenvalue weighted by Crippen LogP contribution is -2.35. The number of carbonyl (C=O) groups excluding carboxylic acids is 2. The first-order valence-corrected chi connectivity index (χ1v) is 12.2. The summed E-state index contributed by atoms with van der Waals surface area (Å²) < 4.78 is 38.1. The van der Waals surface area contributed by atoms with Gasteiger partial charge >= 0.3 is 5.97 Å². The van der Waals surface area contributed by atoms with Crippen LogP contribution >= 0.6 is 0 Å². The minimum Gasteiger partial charge on any atom is -0.494 e. The number of aliphatic hydroxyl groups is 1. The lowest BCUT2D eigenvalue weighted by atomic mass is 10.1. The summed E-state index contributed by atoms with van der Waals surface area (Å²) in [5.41, 5.74) is 0.743. The highest BCUT2D eigenvalue weighted by molar-refractivity contribution is 7.90. The second-order valence-corrected chi connectivity index (χ2v) is 9.58. The average molecular weight is 479 g/mol. The zero-order chi connectivity index (χ0) is 24.4. The first-order chi connectivity index (χ1) is 15.7. The van der Waals surface area contributed by atoms with E-state index in [1.165, 1.54) is 18.3 Å². The lowest BCUT2D eigenvalue weighted by molar-refractivity contribution is -0.148. The second-order valence-electron chi connectivity index (χ2n) is 7.72. The Morgan fingerprint density at radius 1 is 1.12 bits per heavy atom. The fourth-order valence-corrected chi connectivity index (χ4v) is 3.94. The molecule has 180 valence electrons. The monoisotopic (exact) mass is 478 g/mol. The largest absolute Gasteiger partial charge is 0.494 e. The van der Waals surface area contributed by atoms with Crippen LogP contribution in [-0.2, 0) is 26.2 Å². The van der Waals surface area contributed by atoms with E-state index in [9.17, 15) is 23.1 Å². The number of ether oxygens (including phenoxy) is 2. The maximum absolute atomic E-state index is 12.7. The van der Waals surface area contributed by atoms with Crippen LogP contribution in [0.25, 0.3) is 0 Å². The molecule has 1 amide bonds. The molecule has 2 rings (SSSR count). The maximum atomic E-state index is 12.7. The molecule has 1 heterocycles. The van der Waals surface area contributed by atoms with Gasteiger partial charge in [0.1, 0.15) is 17.6 Å². The third-order valence-corrected chi connectivity index (χ3v) is 6.35. The van der Waals surface area contributed by atoms with E-state index in [4.69, 9.17) is 9.47 Å². The van der Waals surface area contributed by atoms with Crippen molar-refractivity contribution >= 4 is 21.9 Å². The van der Waals surface area contributed by atoms with E-state index in [2.05, 4.69) is 4.98 Å². The summed E-state index contributed by atoms with van der Waals surface area (Å²) in [5, 5.41) is 8.37. The molecule has 0 fully saturated rings. The number of hydrogen-bond acceptors (Lipinski definition) is 8. The van der Waals surface area contributed by atoms with Gasteiger partial charge in [0.05, 0.1) is 30.4 Å². The fraction of sp³-hybridized carbons (Fsp3) is 0.435. The van der Waals surface area contributed by atoms with Gasteiger partial charge in [-0.1, -0.05) is 39.3 Å². The first-order valence-electron chi connectivity index (χ1n) is 10.7. The van der Waals surface area contributed by atoms with Crippen LogP contribution in [0.4, 0.5) is 0 Å². The van der Waals surface area contributed by atoms with Gasteiger partial charge in [-0.05, 0) is 36.2 Å². The number of benzene rings is 1. The van der Waals surface area contributed by atoms with Gasteiger partial charge in [-0.2, -0.15) is 0 Å². The predicted octanol–water partition coefficient (Wildman–Crippen LogP) is 2.75. The summed E-state index contributed by atoms with van der Waals surface area (Å²) >= 11 is 0. The molecule has 9 nitrogen and oxygen atoms in total. The van der Waals surface area contributed by atoms with E-state index in [1.807, 2.05) is 11.6 Å². The smallest absolute Gasteiger partial charge is 0.308 e. The highest BCUT2D eigenvalue weighted by atomic mass is 32.2. The number of unbranched alkanes of at least 4 members (excludes halogenated alkanes) is 1. The van der Waals surface area contributed by atoms with Crippen LogP contribution in [-0.4, -0.2) is 43.6 Å². The van der Waals surface area contributed by atoms with Crippen molar-refractivity contribution in [3.63, 3.8) is 0 Å². The molecule has 10 heteroatoms. The molecule has 2 N–H and O–H groups in total. The molecule has 1 atom stereocenters. The van der Waals surface area contributed by atoms with Crippen LogP contribution in [0.5, 0.6) is 5.75 Å². The predicted molar refractivity (Wildman–Crippen MR) is 122 cm³/mol. The number of aliphatic hydroxyl groups excluding tert-OH is 1. The van der Waals surface area contributed by atoms with Crippen LogP contribution in [0.1, 0.15) is 60.5 Å². The van der Waals surface area contributed by atoms with Gasteiger partial charge in [-0.15, -0.1) is 0 Å². The molecule has 0 bridgehead atoms. The number of carbonyl (C=O) groups is 2. The summed E-state index contributed by atoms with van der Waals surface area (Å²) in [6, 6.07) is 9.18. The Bertz CT molecular complexity index is 1020. The fourth-order valence-electron chi connectivity index (χ4n) is 2.71. The van der Waals surface area contributed by atoms with E-state index in [0.717, 1.165) is 12.8 Å². The van der Waals surface area contributed by atoms with Crippen molar-refractivity contribution in [2.45, 2.75) is 45.5 Å². The standard InChI is InChI=1S/C23H30N2O7S/c1-4-5-12-31-20-10-7-17(8-11-20)21(14-26)33(29,30)25-22(27)18-6-9-19(24-13-18)15-32-23(28)16(2)3/h6-11,13,16,21,26H,4-5,12,14-15H2,1-3H3,(H,25,27). The number of pyridine rings is 1. The van der Waals surface area contributed by atoms with Crippen molar-refractivity contribution in [2.75, 3.05) is 13.2 Å². The van der Waals surface area contributed by atoms with Gasteiger partial charge in [0.2, 0.25) is 10.0 Å². The normalized spacial score (nSPS) is 12.3. The quantitative estimate of drug-likeness (QED) is 0.352. The SMILES string of the molecule is CCCCOc1ccc(C(CO)S(=O)(=O)NC(=O)c2ccc(COC(=O)C(C)C)nc2)cc1. The molecule has 1 aromatic carbocycles. The summed E-state index contributed by atoms with van der Waals surface area (Å²) in [6.45, 7) is 5.25. The number of amides is 1. The molecule has 0 aliphatic heterocycles. The van der Waals surface area contributed by atoms with Crippen LogP contribution in [0.2, 0.25) is 0 Å². The second kappa shape index (κ2) is 12.3. The van der Waals surface area contributed by atoms with Crippen molar-refractivity contribution in [1.82, 2.24) is 9.71 Å². The van der Waals surface area contributed by atoms with Gasteiger partial charge in [0.15, 0.2) is 0 Å². The van der Waals surface area contributed by atoms with Crippen molar-refractivity contribution in [3.8, 4) is 5.75 Å². The minimum atomic E-state index is -4.24. The molecular weight excluding hydrogens is 448 g/mol. The van der Waals surface area contributed by atoms with E-state index < -0.39 is 27.8 Å². The third kappa shape index (κ3) is 7.83. The van der Waals surface area contributed by atoms with Gasteiger partial charge in [0, 0.05) is 6.20 Å². The van der Waals surface area contributed by atoms with Gasteiger partial charge in [-0.3, -0.25) is 14.6 Å². The Balaban J connectivity index is 2.03. The van der Waals surface area contributed by atoms with Crippen molar-refractivity contribution < 1.29 is 32.6 Å². The third-order valence-electron chi connectivity index (χ3n) is 4.71. The van der Waals surface area contributed by atoms with E-state index in [1.54, 1.807) is 38.1 Å². The number of aromatic nitrogens is 1. The first kappa shape index (κ1) is 26.3. The number of esters is 1. The minimum absolute atomic E-state index is 0.00822. The van der Waals surface area contributed by atoms with Crippen LogP contribution < -0.4 is 9.46 Å². The molecule has 0 aliphatic carbocycles. The number of hydrogen-bond donors (Lipinski definition) is 2. The lowest BCUT2D eigenvalue weighted by Gasteiger charge is -2.17. The molecule has 0 aliphatic rings. The van der Waals surface area contributed by atoms with Gasteiger partial charge < -0.3 is 14.6 Å². The number of nitrogens with one attached hydrogen (secondary N) is 1. The maximum Gasteiger partial charge on any atom is 0.308 e. The number of rotatable bonds is 12. The molecule has 0 saturated carbocycles. The molecule has 1 unspecified atom stereocenters. The molecular formula is C23H30N2O7S. The Hall–Kier alpha value is -2.98. The molecule has 33 heavy (non-hydrogen) atoms. The number of nitrogens with zero attached hydrogens (tertiary/aromatic N) is 1. The zero-order valence-corrected chi connectivity index (χ0v) is 19.8. The summed E-state index contributed by atoms with van der Waals surface area (Å²) in [7, 11) is -4.24. The molecule has 0 spiro atoms. The number of sulfonamides is 1. The highest BCUT2D eigenvalue weighted by Crippen LogP contribution is 2.24. The van der Waals surface area contributed by atoms with Crippen LogP contribution in [0.3, 0.4) is 0 Å². The Morgan fingerprint density at radius 3 is 2.36 bits per heavy atom. The molecule has 0 saturated heterocycles. The average Bonchev–Trinajstić information content (AvgIpc) is 2.78. The van der Waals surface area contributed by atoms with Crippen molar-refractivity contribution in [1.29, 1.82) is 0 Å². The highest BCUT2D eigenvalue weighted by Gasteiger charge is 2.29. The van der Waals surface area contributed by atoms with Gasteiger partial charge in [-0.25, -0.2) is 13.1 Å². The summed E-state index contributed by atoms with van der Waals surface area (Å²) in [5.74, 6) is -0.938. The van der Waals surface area contributed by atoms with Gasteiger partial charge in [0.25, 0.3) is 5.91 Å². The van der Waals surface area contributed by atoms with Crippen molar-refractivity contribution in [3.05, 3.63) is 59.4 Å².